The zero-order valence-electron chi connectivity index (χ0n) is 14.4. The standard InChI is InChI=1S/C18H18ClN3O3S/c1-10-7-12-17(20-9-11-3-4-14(25-2)13(19)8-11)21-15(5-6-16(23)24)22-18(12)26-10/h3-4,7-8H,5-6,9H2,1-2H3,(H,23,24)(H,20,21,22). The number of rotatable bonds is 7. The number of fused-ring (bicyclic) bond motifs is 1. The summed E-state index contributed by atoms with van der Waals surface area (Å²) in [7, 11) is 1.58. The van der Waals surface area contributed by atoms with Crippen molar-refractivity contribution in [1.29, 1.82) is 0 Å². The van der Waals surface area contributed by atoms with Gasteiger partial charge in [-0.3, -0.25) is 4.79 Å². The van der Waals surface area contributed by atoms with Gasteiger partial charge in [-0.05, 0) is 30.7 Å². The van der Waals surface area contributed by atoms with Crippen molar-refractivity contribution in [2.75, 3.05) is 12.4 Å². The Labute approximate surface area is 159 Å². The van der Waals surface area contributed by atoms with Gasteiger partial charge in [-0.25, -0.2) is 9.97 Å². The Hall–Kier alpha value is -2.38. The van der Waals surface area contributed by atoms with Crippen molar-refractivity contribution >= 4 is 44.9 Å². The lowest BCUT2D eigenvalue weighted by Gasteiger charge is -2.10. The number of nitrogens with one attached hydrogen (secondary N) is 1. The Balaban J connectivity index is 1.85. The van der Waals surface area contributed by atoms with E-state index in [1.54, 1.807) is 18.4 Å². The Kier molecular flexibility index (Phi) is 5.58. The van der Waals surface area contributed by atoms with Crippen molar-refractivity contribution in [3.05, 3.63) is 45.6 Å². The van der Waals surface area contributed by atoms with E-state index in [0.717, 1.165) is 20.7 Å². The minimum atomic E-state index is -0.863. The van der Waals surface area contributed by atoms with Gasteiger partial charge in [-0.1, -0.05) is 17.7 Å². The van der Waals surface area contributed by atoms with Crippen molar-refractivity contribution in [2.24, 2.45) is 0 Å². The first-order valence-corrected chi connectivity index (χ1v) is 9.21. The van der Waals surface area contributed by atoms with E-state index in [4.69, 9.17) is 21.4 Å². The summed E-state index contributed by atoms with van der Waals surface area (Å²) in [5, 5.41) is 13.7. The molecule has 26 heavy (non-hydrogen) atoms. The lowest BCUT2D eigenvalue weighted by Crippen LogP contribution is -2.06. The third-order valence-electron chi connectivity index (χ3n) is 3.80. The molecule has 3 rings (SSSR count). The molecule has 2 heterocycles. The zero-order chi connectivity index (χ0) is 18.7. The Morgan fingerprint density at radius 2 is 2.15 bits per heavy atom. The number of halogens is 1. The number of carboxylic acids is 1. The molecule has 0 aliphatic carbocycles. The van der Waals surface area contributed by atoms with Crippen molar-refractivity contribution < 1.29 is 14.6 Å². The van der Waals surface area contributed by atoms with Crippen LogP contribution in [0.25, 0.3) is 10.2 Å². The maximum Gasteiger partial charge on any atom is 0.303 e. The SMILES string of the molecule is COc1ccc(CNc2nc(CCC(=O)O)nc3sc(C)cc23)cc1Cl. The summed E-state index contributed by atoms with van der Waals surface area (Å²) < 4.78 is 5.17. The fraction of sp³-hybridized carbons (Fsp3) is 0.278. The molecular formula is C18H18ClN3O3S. The first-order valence-electron chi connectivity index (χ1n) is 8.01. The average molecular weight is 392 g/mol. The van der Waals surface area contributed by atoms with E-state index in [9.17, 15) is 4.79 Å². The predicted octanol–water partition coefficient (Wildman–Crippen LogP) is 4.29. The van der Waals surface area contributed by atoms with Crippen LogP contribution in [0.2, 0.25) is 5.02 Å². The summed E-state index contributed by atoms with van der Waals surface area (Å²) in [6, 6.07) is 7.63. The van der Waals surface area contributed by atoms with Crippen LogP contribution in [0.5, 0.6) is 5.75 Å². The molecule has 0 bridgehead atoms. The molecule has 0 atom stereocenters. The fourth-order valence-electron chi connectivity index (χ4n) is 2.56. The molecule has 2 N–H and O–H groups in total. The Morgan fingerprint density at radius 1 is 1.35 bits per heavy atom. The van der Waals surface area contributed by atoms with Gasteiger partial charge in [0.1, 0.15) is 22.2 Å². The number of carboxylic acid groups (broad SMARTS) is 1. The number of anilines is 1. The van der Waals surface area contributed by atoms with Gasteiger partial charge in [0, 0.05) is 17.8 Å². The number of nitrogens with zero attached hydrogens (tertiary/aromatic N) is 2. The Morgan fingerprint density at radius 3 is 2.85 bits per heavy atom. The number of hydrogen-bond donors (Lipinski definition) is 2. The molecule has 0 radical (unpaired) electrons. The van der Waals surface area contributed by atoms with Crippen LogP contribution in [0, 0.1) is 6.92 Å². The number of thiophene rings is 1. The summed E-state index contributed by atoms with van der Waals surface area (Å²) in [6.07, 6.45) is 0.300. The number of aliphatic carboxylic acids is 1. The number of methoxy groups -OCH3 is 1. The molecule has 0 spiro atoms. The van der Waals surface area contributed by atoms with Gasteiger partial charge < -0.3 is 15.2 Å². The molecule has 3 aromatic rings. The third kappa shape index (κ3) is 4.23. The van der Waals surface area contributed by atoms with Gasteiger partial charge in [-0.15, -0.1) is 11.3 Å². The summed E-state index contributed by atoms with van der Waals surface area (Å²) in [4.78, 5) is 21.8. The molecule has 0 aliphatic rings. The molecular weight excluding hydrogens is 374 g/mol. The van der Waals surface area contributed by atoms with E-state index in [0.29, 0.717) is 35.4 Å². The summed E-state index contributed by atoms with van der Waals surface area (Å²) in [6.45, 7) is 2.54. The number of ether oxygens (including phenoxy) is 1. The van der Waals surface area contributed by atoms with E-state index in [2.05, 4.69) is 15.3 Å². The van der Waals surface area contributed by atoms with Crippen LogP contribution in [0.4, 0.5) is 5.82 Å². The lowest BCUT2D eigenvalue weighted by molar-refractivity contribution is -0.137. The van der Waals surface area contributed by atoms with E-state index in [1.165, 1.54) is 0 Å². The second kappa shape index (κ2) is 7.88. The monoisotopic (exact) mass is 391 g/mol. The van der Waals surface area contributed by atoms with E-state index >= 15 is 0 Å². The van der Waals surface area contributed by atoms with Gasteiger partial charge >= 0.3 is 5.97 Å². The number of hydrogen-bond acceptors (Lipinski definition) is 6. The van der Waals surface area contributed by atoms with Crippen molar-refractivity contribution in [1.82, 2.24) is 9.97 Å². The van der Waals surface area contributed by atoms with Crippen LogP contribution in [-0.4, -0.2) is 28.2 Å². The molecule has 2 aromatic heterocycles. The van der Waals surface area contributed by atoms with Crippen LogP contribution in [0.15, 0.2) is 24.3 Å². The van der Waals surface area contributed by atoms with Gasteiger partial charge in [-0.2, -0.15) is 0 Å². The molecule has 0 amide bonds. The van der Waals surface area contributed by atoms with Crippen molar-refractivity contribution in [3.8, 4) is 5.75 Å². The third-order valence-corrected chi connectivity index (χ3v) is 5.04. The molecule has 8 heteroatoms. The van der Waals surface area contributed by atoms with Gasteiger partial charge in [0.2, 0.25) is 0 Å². The van der Waals surface area contributed by atoms with Crippen LogP contribution in [0.1, 0.15) is 22.7 Å². The van der Waals surface area contributed by atoms with Crippen molar-refractivity contribution in [2.45, 2.75) is 26.3 Å². The highest BCUT2D eigenvalue weighted by atomic mass is 35.5. The van der Waals surface area contributed by atoms with Gasteiger partial charge in [0.05, 0.1) is 23.9 Å². The largest absolute Gasteiger partial charge is 0.495 e. The smallest absolute Gasteiger partial charge is 0.303 e. The highest BCUT2D eigenvalue weighted by Gasteiger charge is 2.12. The Bertz CT molecular complexity index is 958. The fourth-order valence-corrected chi connectivity index (χ4v) is 3.74. The number of carbonyl (C=O) groups is 1. The molecule has 0 saturated carbocycles. The molecule has 0 fully saturated rings. The lowest BCUT2D eigenvalue weighted by atomic mass is 10.2. The van der Waals surface area contributed by atoms with Crippen LogP contribution >= 0.6 is 22.9 Å². The number of benzene rings is 1. The van der Waals surface area contributed by atoms with E-state index in [1.807, 2.05) is 31.2 Å². The minimum absolute atomic E-state index is 0.00336. The second-order valence-electron chi connectivity index (χ2n) is 5.78. The maximum atomic E-state index is 10.8. The van der Waals surface area contributed by atoms with E-state index in [-0.39, 0.29) is 6.42 Å². The number of aryl methyl sites for hydroxylation is 2. The van der Waals surface area contributed by atoms with Gasteiger partial charge in [0.15, 0.2) is 0 Å². The topological polar surface area (TPSA) is 84.3 Å². The van der Waals surface area contributed by atoms with Crippen LogP contribution in [-0.2, 0) is 17.8 Å². The minimum Gasteiger partial charge on any atom is -0.495 e. The van der Waals surface area contributed by atoms with E-state index < -0.39 is 5.97 Å². The quantitative estimate of drug-likeness (QED) is 0.625. The van der Waals surface area contributed by atoms with Gasteiger partial charge in [0.25, 0.3) is 0 Å². The normalized spacial score (nSPS) is 10.9. The average Bonchev–Trinajstić information content (AvgIpc) is 2.98. The first-order chi connectivity index (χ1) is 12.5. The van der Waals surface area contributed by atoms with Crippen LogP contribution in [0.3, 0.4) is 0 Å². The highest BCUT2D eigenvalue weighted by Crippen LogP contribution is 2.30. The highest BCUT2D eigenvalue weighted by molar-refractivity contribution is 7.18. The summed E-state index contributed by atoms with van der Waals surface area (Å²) in [5.41, 5.74) is 0.988. The molecule has 136 valence electrons. The molecule has 1 aromatic carbocycles. The number of aromatic nitrogens is 2. The van der Waals surface area contributed by atoms with Crippen molar-refractivity contribution in [3.63, 3.8) is 0 Å². The molecule has 0 saturated heterocycles. The molecule has 6 nitrogen and oxygen atoms in total. The summed E-state index contributed by atoms with van der Waals surface area (Å²) >= 11 is 7.74. The predicted molar refractivity (Wildman–Crippen MR) is 103 cm³/mol. The second-order valence-corrected chi connectivity index (χ2v) is 7.42. The zero-order valence-corrected chi connectivity index (χ0v) is 15.9. The molecule has 0 unspecified atom stereocenters. The molecule has 0 aliphatic heterocycles. The first kappa shape index (κ1) is 18.4. The maximum absolute atomic E-state index is 10.8. The summed E-state index contributed by atoms with van der Waals surface area (Å²) in [5.74, 6) is 0.992. The van der Waals surface area contributed by atoms with Crippen LogP contribution < -0.4 is 10.1 Å².